The first-order valence-corrected chi connectivity index (χ1v) is 9.11. The van der Waals surface area contributed by atoms with Crippen molar-refractivity contribution in [2.45, 2.75) is 26.3 Å². The first-order chi connectivity index (χ1) is 11.3. The van der Waals surface area contributed by atoms with Crippen LogP contribution in [0.2, 0.25) is 0 Å². The van der Waals surface area contributed by atoms with Gasteiger partial charge in [0.2, 0.25) is 0 Å². The van der Waals surface area contributed by atoms with Gasteiger partial charge in [-0.15, -0.1) is 0 Å². The average Bonchev–Trinajstić information content (AvgIpc) is 2.97. The van der Waals surface area contributed by atoms with E-state index in [4.69, 9.17) is 0 Å². The Labute approximate surface area is 141 Å². The van der Waals surface area contributed by atoms with Crippen molar-refractivity contribution in [3.63, 3.8) is 0 Å². The molecule has 0 fully saturated rings. The molecule has 23 heavy (non-hydrogen) atoms. The van der Waals surface area contributed by atoms with E-state index < -0.39 is 0 Å². The van der Waals surface area contributed by atoms with Crippen LogP contribution in [0.4, 0.5) is 10.8 Å². The van der Waals surface area contributed by atoms with Crippen molar-refractivity contribution >= 4 is 32.4 Å². The summed E-state index contributed by atoms with van der Waals surface area (Å²) in [5.41, 5.74) is 5.33. The minimum Gasteiger partial charge on any atom is -0.367 e. The highest BCUT2D eigenvalue weighted by Crippen LogP contribution is 2.30. The molecular formula is C19H21N3S. The third kappa shape index (κ3) is 2.91. The van der Waals surface area contributed by atoms with Crippen LogP contribution < -0.4 is 10.2 Å². The quantitative estimate of drug-likeness (QED) is 0.755. The summed E-state index contributed by atoms with van der Waals surface area (Å²) in [6.45, 7) is 5.13. The summed E-state index contributed by atoms with van der Waals surface area (Å²) in [7, 11) is 0. The number of hydrogen-bond donors (Lipinski definition) is 1. The van der Waals surface area contributed by atoms with E-state index in [9.17, 15) is 0 Å². The first-order valence-electron chi connectivity index (χ1n) is 8.29. The minimum atomic E-state index is 0.914. The molecule has 0 saturated heterocycles. The van der Waals surface area contributed by atoms with Crippen LogP contribution in [0, 0.1) is 0 Å². The van der Waals surface area contributed by atoms with Gasteiger partial charge in [-0.25, -0.2) is 4.98 Å². The molecule has 118 valence electrons. The van der Waals surface area contributed by atoms with Crippen molar-refractivity contribution in [2.24, 2.45) is 0 Å². The Balaban J connectivity index is 1.60. The van der Waals surface area contributed by atoms with Crippen LogP contribution in [-0.2, 0) is 13.0 Å². The topological polar surface area (TPSA) is 28.2 Å². The molecule has 4 rings (SSSR count). The molecule has 3 aromatic rings. The van der Waals surface area contributed by atoms with Gasteiger partial charge in [-0.1, -0.05) is 35.6 Å². The Morgan fingerprint density at radius 1 is 1.22 bits per heavy atom. The molecule has 4 heteroatoms. The van der Waals surface area contributed by atoms with E-state index in [0.29, 0.717) is 0 Å². The van der Waals surface area contributed by atoms with Crippen molar-refractivity contribution in [2.75, 3.05) is 23.3 Å². The van der Waals surface area contributed by atoms with Crippen molar-refractivity contribution in [1.29, 1.82) is 0 Å². The molecular weight excluding hydrogens is 302 g/mol. The summed E-state index contributed by atoms with van der Waals surface area (Å²) in [4.78, 5) is 7.13. The Hall–Kier alpha value is -2.07. The van der Waals surface area contributed by atoms with E-state index in [0.717, 1.165) is 30.3 Å². The van der Waals surface area contributed by atoms with Crippen molar-refractivity contribution < 1.29 is 0 Å². The third-order valence-corrected chi connectivity index (χ3v) is 5.34. The highest BCUT2D eigenvalue weighted by atomic mass is 32.1. The lowest BCUT2D eigenvalue weighted by Crippen LogP contribution is -2.28. The summed E-state index contributed by atoms with van der Waals surface area (Å²) in [6, 6.07) is 15.5. The molecule has 0 atom stereocenters. The monoisotopic (exact) mass is 323 g/mol. The van der Waals surface area contributed by atoms with Gasteiger partial charge >= 0.3 is 0 Å². The number of anilines is 2. The largest absolute Gasteiger partial charge is 0.367 e. The molecule has 0 saturated carbocycles. The van der Waals surface area contributed by atoms with Crippen LogP contribution in [0.15, 0.2) is 42.5 Å². The molecule has 0 unspecified atom stereocenters. The van der Waals surface area contributed by atoms with Gasteiger partial charge in [-0.3, -0.25) is 0 Å². The summed E-state index contributed by atoms with van der Waals surface area (Å²) in [6.07, 6.45) is 2.44. The maximum Gasteiger partial charge on any atom is 0.183 e. The molecule has 1 aromatic heterocycles. The van der Waals surface area contributed by atoms with Gasteiger partial charge in [0, 0.05) is 25.3 Å². The summed E-state index contributed by atoms with van der Waals surface area (Å²) in [5.74, 6) is 0. The molecule has 0 amide bonds. The van der Waals surface area contributed by atoms with E-state index in [1.807, 2.05) is 0 Å². The second-order valence-corrected chi connectivity index (χ2v) is 7.04. The second kappa shape index (κ2) is 6.20. The van der Waals surface area contributed by atoms with Crippen LogP contribution in [0.5, 0.6) is 0 Å². The van der Waals surface area contributed by atoms with Gasteiger partial charge in [-0.05, 0) is 49.1 Å². The van der Waals surface area contributed by atoms with Crippen LogP contribution in [0.25, 0.3) is 10.2 Å². The standard InChI is InChI=1S/C19H21N3S/c1-2-20-19-21-16-10-9-14(12-18(16)23-19)13-22-11-5-7-15-6-3-4-8-17(15)22/h3-4,6,8-10,12H,2,5,7,11,13H2,1H3,(H,20,21). The normalized spacial score (nSPS) is 14.0. The number of aryl methyl sites for hydroxylation is 1. The number of nitrogens with zero attached hydrogens (tertiary/aromatic N) is 2. The van der Waals surface area contributed by atoms with Gasteiger partial charge in [0.05, 0.1) is 10.2 Å². The number of aromatic nitrogens is 1. The van der Waals surface area contributed by atoms with Crippen molar-refractivity contribution in [3.8, 4) is 0 Å². The van der Waals surface area contributed by atoms with Gasteiger partial charge in [0.1, 0.15) is 0 Å². The van der Waals surface area contributed by atoms with Gasteiger partial charge in [0.25, 0.3) is 0 Å². The molecule has 2 aromatic carbocycles. The smallest absolute Gasteiger partial charge is 0.183 e. The molecule has 2 heterocycles. The highest BCUT2D eigenvalue weighted by molar-refractivity contribution is 7.22. The lowest BCUT2D eigenvalue weighted by atomic mass is 10.0. The zero-order valence-corrected chi connectivity index (χ0v) is 14.2. The third-order valence-electron chi connectivity index (χ3n) is 4.36. The zero-order valence-electron chi connectivity index (χ0n) is 13.4. The van der Waals surface area contributed by atoms with Crippen LogP contribution in [-0.4, -0.2) is 18.1 Å². The SMILES string of the molecule is CCNc1nc2ccc(CN3CCCc4ccccc43)cc2s1. The predicted molar refractivity (Wildman–Crippen MR) is 99.6 cm³/mol. The van der Waals surface area contributed by atoms with Gasteiger partial charge in [0.15, 0.2) is 5.13 Å². The number of para-hydroxylation sites is 1. The maximum absolute atomic E-state index is 4.62. The summed E-state index contributed by atoms with van der Waals surface area (Å²) in [5, 5.41) is 4.32. The van der Waals surface area contributed by atoms with Crippen LogP contribution >= 0.6 is 11.3 Å². The molecule has 1 aliphatic heterocycles. The zero-order chi connectivity index (χ0) is 15.6. The minimum absolute atomic E-state index is 0.914. The molecule has 1 N–H and O–H groups in total. The Morgan fingerprint density at radius 3 is 3.04 bits per heavy atom. The highest BCUT2D eigenvalue weighted by Gasteiger charge is 2.16. The number of nitrogens with one attached hydrogen (secondary N) is 1. The number of rotatable bonds is 4. The molecule has 0 aliphatic carbocycles. The van der Waals surface area contributed by atoms with Gasteiger partial charge in [-0.2, -0.15) is 0 Å². The Kier molecular flexibility index (Phi) is 3.92. The fraction of sp³-hybridized carbons (Fsp3) is 0.316. The van der Waals surface area contributed by atoms with Crippen LogP contribution in [0.3, 0.4) is 0 Å². The Bertz CT molecular complexity index is 824. The van der Waals surface area contributed by atoms with Gasteiger partial charge < -0.3 is 10.2 Å². The second-order valence-electron chi connectivity index (χ2n) is 6.01. The average molecular weight is 323 g/mol. The van der Waals surface area contributed by atoms with E-state index in [-0.39, 0.29) is 0 Å². The molecule has 0 spiro atoms. The number of fused-ring (bicyclic) bond motifs is 2. The number of thiazole rings is 1. The van der Waals surface area contributed by atoms with E-state index in [2.05, 4.69) is 64.6 Å². The first kappa shape index (κ1) is 14.5. The number of hydrogen-bond acceptors (Lipinski definition) is 4. The predicted octanol–water partition coefficient (Wildman–Crippen LogP) is 4.68. The fourth-order valence-corrected chi connectivity index (χ4v) is 4.29. The fourth-order valence-electron chi connectivity index (χ4n) is 3.29. The summed E-state index contributed by atoms with van der Waals surface area (Å²) < 4.78 is 1.27. The summed E-state index contributed by atoms with van der Waals surface area (Å²) >= 11 is 1.74. The van der Waals surface area contributed by atoms with Crippen molar-refractivity contribution in [3.05, 3.63) is 53.6 Å². The van der Waals surface area contributed by atoms with E-state index in [1.165, 1.54) is 34.4 Å². The Morgan fingerprint density at radius 2 is 2.13 bits per heavy atom. The molecule has 0 radical (unpaired) electrons. The molecule has 0 bridgehead atoms. The van der Waals surface area contributed by atoms with Crippen LogP contribution in [0.1, 0.15) is 24.5 Å². The van der Waals surface area contributed by atoms with E-state index >= 15 is 0 Å². The molecule has 3 nitrogen and oxygen atoms in total. The lowest BCUT2D eigenvalue weighted by Gasteiger charge is -2.31. The van der Waals surface area contributed by atoms with Crippen molar-refractivity contribution in [1.82, 2.24) is 4.98 Å². The van der Waals surface area contributed by atoms with E-state index in [1.54, 1.807) is 11.3 Å². The number of benzene rings is 2. The lowest BCUT2D eigenvalue weighted by molar-refractivity contribution is 0.691. The maximum atomic E-state index is 4.62. The molecule has 1 aliphatic rings.